The Bertz CT molecular complexity index is 580. The summed E-state index contributed by atoms with van der Waals surface area (Å²) in [5.41, 5.74) is 0.202. The zero-order valence-corrected chi connectivity index (χ0v) is 15.0. The first-order valence-corrected chi connectivity index (χ1v) is 7.68. The van der Waals surface area contributed by atoms with E-state index in [0.717, 1.165) is 0 Å². The lowest BCUT2D eigenvalue weighted by atomic mass is 10.4. The predicted molar refractivity (Wildman–Crippen MR) is 89.8 cm³/mol. The summed E-state index contributed by atoms with van der Waals surface area (Å²) in [6.07, 6.45) is 0. The molecule has 0 fully saturated rings. The summed E-state index contributed by atoms with van der Waals surface area (Å²) >= 11 is 47.0. The molecule has 10 heteroatoms. The average Bonchev–Trinajstić information content (AvgIpc) is 2.72. The van der Waals surface area contributed by atoms with Crippen molar-refractivity contribution in [3.8, 4) is 0 Å². The maximum Gasteiger partial charge on any atom is 0.126 e. The van der Waals surface area contributed by atoms with Crippen LogP contribution in [0.15, 0.2) is 50.5 Å². The minimum absolute atomic E-state index is 0.0708. The van der Waals surface area contributed by atoms with Crippen LogP contribution in [-0.2, 0) is 0 Å². The lowest BCUT2D eigenvalue weighted by Gasteiger charge is -1.97. The number of hydrogen-bond acceptors (Lipinski definition) is 2. The van der Waals surface area contributed by atoms with E-state index in [4.69, 9.17) is 92.8 Å². The topological polar surface area (TPSA) is 24.7 Å². The van der Waals surface area contributed by atoms with Gasteiger partial charge in [-0.1, -0.05) is 92.8 Å². The molecule has 0 atom stereocenters. The third-order valence-electron chi connectivity index (χ3n) is 2.24. The molecular weight excluding hydrogens is 432 g/mol. The van der Waals surface area contributed by atoms with Gasteiger partial charge in [0.15, 0.2) is 0 Å². The molecular formula is C10Cl8N2. The Balaban J connectivity index is 2.49. The Morgan fingerprint density at radius 3 is 0.750 bits per heavy atom. The summed E-state index contributed by atoms with van der Waals surface area (Å²) in [6.45, 7) is 0. The van der Waals surface area contributed by atoms with Gasteiger partial charge in [-0.25, -0.2) is 0 Å². The second-order valence-electron chi connectivity index (χ2n) is 3.41. The molecule has 0 N–H and O–H groups in total. The fourth-order valence-electron chi connectivity index (χ4n) is 1.27. The van der Waals surface area contributed by atoms with Crippen molar-refractivity contribution in [3.63, 3.8) is 0 Å². The van der Waals surface area contributed by atoms with Gasteiger partial charge in [0, 0.05) is 0 Å². The molecule has 0 bridgehead atoms. The second kappa shape index (κ2) is 6.39. The molecule has 0 amide bonds. The molecule has 2 nitrogen and oxygen atoms in total. The van der Waals surface area contributed by atoms with E-state index < -0.39 is 0 Å². The normalized spacial score (nSPS) is 20.0. The van der Waals surface area contributed by atoms with Crippen LogP contribution in [0.3, 0.4) is 0 Å². The maximum absolute atomic E-state index is 5.93. The van der Waals surface area contributed by atoms with Crippen LogP contribution in [0.5, 0.6) is 0 Å². The Kier molecular flexibility index (Phi) is 5.43. The van der Waals surface area contributed by atoms with E-state index in [1.54, 1.807) is 0 Å². The van der Waals surface area contributed by atoms with Gasteiger partial charge in [0.1, 0.15) is 11.4 Å². The van der Waals surface area contributed by atoms with Gasteiger partial charge in [0.05, 0.1) is 40.3 Å². The number of halogens is 8. The Morgan fingerprint density at radius 1 is 0.350 bits per heavy atom. The van der Waals surface area contributed by atoms with Gasteiger partial charge < -0.3 is 0 Å². The standard InChI is InChI=1S/C10Cl8N2/c11-1-2(12)6(16)9(5(1)15)19-20-10-7(17)3(13)4(14)8(10)18. The number of nitrogens with zero attached hydrogens (tertiary/aromatic N) is 2. The minimum Gasteiger partial charge on any atom is -0.147 e. The van der Waals surface area contributed by atoms with Crippen molar-refractivity contribution >= 4 is 104 Å². The molecule has 2 aliphatic carbocycles. The van der Waals surface area contributed by atoms with Crippen molar-refractivity contribution in [1.82, 2.24) is 0 Å². The molecule has 20 heavy (non-hydrogen) atoms. The lowest BCUT2D eigenvalue weighted by molar-refractivity contribution is 1.24. The molecule has 0 aliphatic heterocycles. The molecule has 0 spiro atoms. The molecule has 0 radical (unpaired) electrons. The van der Waals surface area contributed by atoms with Gasteiger partial charge in [-0.05, 0) is 0 Å². The first kappa shape index (κ1) is 17.0. The zero-order chi connectivity index (χ0) is 15.2. The minimum atomic E-state index is 0.0708. The fraction of sp³-hybridized carbons (Fsp3) is 0. The van der Waals surface area contributed by atoms with Crippen molar-refractivity contribution in [3.05, 3.63) is 40.3 Å². The van der Waals surface area contributed by atoms with Gasteiger partial charge in [-0.3, -0.25) is 0 Å². The first-order valence-electron chi connectivity index (χ1n) is 4.66. The molecule has 0 aromatic heterocycles. The zero-order valence-electron chi connectivity index (χ0n) is 8.92. The highest BCUT2D eigenvalue weighted by Gasteiger charge is 2.29. The summed E-state index contributed by atoms with van der Waals surface area (Å²) in [5.74, 6) is 0. The van der Waals surface area contributed by atoms with Crippen LogP contribution in [-0.4, -0.2) is 11.4 Å². The quantitative estimate of drug-likeness (QED) is 0.420. The van der Waals surface area contributed by atoms with E-state index in [2.05, 4.69) is 10.2 Å². The van der Waals surface area contributed by atoms with E-state index in [9.17, 15) is 0 Å². The number of hydrogen-bond donors (Lipinski definition) is 0. The largest absolute Gasteiger partial charge is 0.147 e. The summed E-state index contributed by atoms with van der Waals surface area (Å²) in [4.78, 5) is 0. The van der Waals surface area contributed by atoms with E-state index in [0.29, 0.717) is 0 Å². The van der Waals surface area contributed by atoms with E-state index in [-0.39, 0.29) is 51.7 Å². The van der Waals surface area contributed by atoms with Gasteiger partial charge in [0.25, 0.3) is 0 Å². The molecule has 0 unspecified atom stereocenters. The third-order valence-corrected chi connectivity index (χ3v) is 5.80. The monoisotopic (exact) mass is 428 g/mol. The smallest absolute Gasteiger partial charge is 0.126 e. The van der Waals surface area contributed by atoms with Crippen molar-refractivity contribution < 1.29 is 0 Å². The van der Waals surface area contributed by atoms with Crippen LogP contribution in [0.2, 0.25) is 0 Å². The van der Waals surface area contributed by atoms with Gasteiger partial charge in [0.2, 0.25) is 0 Å². The SMILES string of the molecule is ClC1=C(Cl)C(Cl)=C(Cl)C1=NN=C1C(Cl)=C(Cl)C(Cl)=C1Cl. The molecule has 2 rings (SSSR count). The average molecular weight is 432 g/mol. The van der Waals surface area contributed by atoms with Crippen LogP contribution in [0.25, 0.3) is 0 Å². The molecule has 0 aromatic rings. The summed E-state index contributed by atoms with van der Waals surface area (Å²) in [5, 5.41) is 8.31. The highest BCUT2D eigenvalue weighted by molar-refractivity contribution is 6.67. The highest BCUT2D eigenvalue weighted by atomic mass is 35.5. The van der Waals surface area contributed by atoms with Crippen molar-refractivity contribution in [2.24, 2.45) is 10.2 Å². The van der Waals surface area contributed by atoms with Gasteiger partial charge in [-0.2, -0.15) is 0 Å². The van der Waals surface area contributed by atoms with Crippen molar-refractivity contribution in [2.45, 2.75) is 0 Å². The summed E-state index contributed by atoms with van der Waals surface area (Å²) in [7, 11) is 0. The maximum atomic E-state index is 5.93. The molecule has 106 valence electrons. The van der Waals surface area contributed by atoms with Crippen molar-refractivity contribution in [1.29, 1.82) is 0 Å². The summed E-state index contributed by atoms with van der Waals surface area (Å²) < 4.78 is 0. The van der Waals surface area contributed by atoms with Crippen LogP contribution in [0, 0.1) is 0 Å². The van der Waals surface area contributed by atoms with Crippen LogP contribution >= 0.6 is 92.8 Å². The van der Waals surface area contributed by atoms with E-state index in [1.807, 2.05) is 0 Å². The Morgan fingerprint density at radius 2 is 0.550 bits per heavy atom. The van der Waals surface area contributed by atoms with Crippen LogP contribution in [0.4, 0.5) is 0 Å². The van der Waals surface area contributed by atoms with Gasteiger partial charge >= 0.3 is 0 Å². The Labute approximate surface area is 153 Å². The lowest BCUT2D eigenvalue weighted by Crippen LogP contribution is -1.98. The van der Waals surface area contributed by atoms with E-state index >= 15 is 0 Å². The molecule has 0 aromatic carbocycles. The van der Waals surface area contributed by atoms with Crippen LogP contribution in [0.1, 0.15) is 0 Å². The Hall–Kier alpha value is 0.620. The summed E-state index contributed by atoms with van der Waals surface area (Å²) in [6, 6.07) is 0. The van der Waals surface area contributed by atoms with Crippen molar-refractivity contribution in [2.75, 3.05) is 0 Å². The molecule has 0 saturated carbocycles. The fourth-order valence-corrected chi connectivity index (χ4v) is 3.20. The van der Waals surface area contributed by atoms with Crippen LogP contribution < -0.4 is 0 Å². The number of rotatable bonds is 1. The first-order chi connectivity index (χ1) is 9.27. The molecule has 2 aliphatic rings. The van der Waals surface area contributed by atoms with Gasteiger partial charge in [-0.15, -0.1) is 10.2 Å². The third kappa shape index (κ3) is 2.78. The molecule has 0 heterocycles. The molecule has 0 saturated heterocycles. The predicted octanol–water partition coefficient (Wildman–Crippen LogP) is 6.57. The second-order valence-corrected chi connectivity index (χ2v) is 6.43. The number of allylic oxidation sites excluding steroid dienone is 8. The van der Waals surface area contributed by atoms with E-state index in [1.165, 1.54) is 0 Å². The highest BCUT2D eigenvalue weighted by Crippen LogP contribution is 2.41.